The minimum atomic E-state index is -0.695. The molecule has 2 aliphatic rings. The van der Waals surface area contributed by atoms with Gasteiger partial charge < -0.3 is 18.5 Å². The van der Waals surface area contributed by atoms with Gasteiger partial charge in [0.1, 0.15) is 27.9 Å². The van der Waals surface area contributed by atoms with Crippen molar-refractivity contribution in [2.45, 2.75) is 5.41 Å². The number of benzene rings is 10. The van der Waals surface area contributed by atoms with E-state index in [4.69, 9.17) is 13.6 Å². The lowest BCUT2D eigenvalue weighted by Crippen LogP contribution is -2.31. The molecule has 3 heterocycles. The lowest BCUT2D eigenvalue weighted by atomic mass is 9.69. The van der Waals surface area contributed by atoms with E-state index < -0.39 is 5.41 Å². The normalized spacial score (nSPS) is 13.0. The third-order valence-electron chi connectivity index (χ3n) is 14.0. The first-order chi connectivity index (χ1) is 33.2. The van der Waals surface area contributed by atoms with Crippen LogP contribution in [-0.2, 0) is 5.41 Å². The van der Waals surface area contributed by atoms with Crippen molar-refractivity contribution in [3.63, 3.8) is 0 Å². The molecular formula is C63H39NO3. The maximum Gasteiger partial charge on any atom is 0.178 e. The summed E-state index contributed by atoms with van der Waals surface area (Å²) in [4.78, 5) is 2.32. The molecule has 0 fully saturated rings. The summed E-state index contributed by atoms with van der Waals surface area (Å²) < 4.78 is 20.7. The molecule has 4 nitrogen and oxygen atoms in total. The third-order valence-corrected chi connectivity index (χ3v) is 14.0. The van der Waals surface area contributed by atoms with Crippen LogP contribution in [-0.4, -0.2) is 0 Å². The summed E-state index contributed by atoms with van der Waals surface area (Å²) in [6.45, 7) is 0. The van der Waals surface area contributed by atoms with Crippen LogP contribution in [0.1, 0.15) is 22.5 Å². The van der Waals surface area contributed by atoms with E-state index in [2.05, 4.69) is 229 Å². The Bertz CT molecular complexity index is 3850. The molecule has 1 spiro atoms. The number of hydrogen-bond donors (Lipinski definition) is 0. The molecule has 1 aliphatic heterocycles. The van der Waals surface area contributed by atoms with Crippen molar-refractivity contribution in [2.75, 3.05) is 4.90 Å². The van der Waals surface area contributed by atoms with E-state index >= 15 is 0 Å². The van der Waals surface area contributed by atoms with Gasteiger partial charge in [-0.1, -0.05) is 182 Å². The first-order valence-corrected chi connectivity index (χ1v) is 22.8. The summed E-state index contributed by atoms with van der Waals surface area (Å²) in [6, 6.07) is 84.1. The van der Waals surface area contributed by atoms with E-state index in [0.29, 0.717) is 0 Å². The quantitative estimate of drug-likeness (QED) is 0.167. The standard InChI is InChI=1S/C63H39NO3/c1-2-14-40(15-3-1)41-28-30-42(31-29-41)44-16-12-17-46(38-44)64(45-34-32-43(33-35-45)48-21-13-22-52-51-20-6-10-26-57(51)65-60(48)52)47-36-37-53-59(39-47)67-62-61(53)66-58-27-11-9-25-56(58)63(62)54-23-7-4-18-49(54)50-19-5-8-24-55(50)63/h1-39H. The van der Waals surface area contributed by atoms with E-state index in [1.54, 1.807) is 0 Å². The minimum absolute atomic E-state index is 0.695. The lowest BCUT2D eigenvalue weighted by molar-refractivity contribution is 0.389. The average molecular weight is 858 g/mol. The van der Waals surface area contributed by atoms with Crippen LogP contribution in [0.3, 0.4) is 0 Å². The van der Waals surface area contributed by atoms with Gasteiger partial charge in [-0.15, -0.1) is 0 Å². The molecule has 0 saturated carbocycles. The highest BCUT2D eigenvalue weighted by Crippen LogP contribution is 2.64. The molecule has 12 aromatic rings. The van der Waals surface area contributed by atoms with Crippen LogP contribution < -0.4 is 9.64 Å². The zero-order chi connectivity index (χ0) is 44.1. The molecule has 0 unspecified atom stereocenters. The van der Waals surface area contributed by atoms with Crippen LogP contribution >= 0.6 is 0 Å². The number of para-hydroxylation sites is 3. The molecule has 67 heavy (non-hydrogen) atoms. The van der Waals surface area contributed by atoms with Crippen molar-refractivity contribution in [2.24, 2.45) is 0 Å². The SMILES string of the molecule is c1ccc(-c2ccc(-c3cccc(N(c4ccc(-c5cccc6c5oc5ccccc56)cc4)c4ccc5c6c(oc5c4)C4(c5ccccc5O6)c5ccccc5-c5ccccc54)c3)cc2)cc1. The van der Waals surface area contributed by atoms with Gasteiger partial charge in [-0.2, -0.15) is 0 Å². The van der Waals surface area contributed by atoms with Crippen LogP contribution in [0.25, 0.3) is 77.4 Å². The van der Waals surface area contributed by atoms with E-state index in [9.17, 15) is 0 Å². The third kappa shape index (κ3) is 5.60. The number of anilines is 3. The van der Waals surface area contributed by atoms with Gasteiger partial charge in [-0.05, 0) is 98.6 Å². The van der Waals surface area contributed by atoms with Gasteiger partial charge in [-0.25, -0.2) is 0 Å². The Hall–Kier alpha value is -8.86. The van der Waals surface area contributed by atoms with Crippen molar-refractivity contribution in [1.29, 1.82) is 0 Å². The monoisotopic (exact) mass is 857 g/mol. The summed E-state index contributed by atoms with van der Waals surface area (Å²) in [6.07, 6.45) is 0. The highest BCUT2D eigenvalue weighted by atomic mass is 16.5. The Morgan fingerprint density at radius 3 is 1.69 bits per heavy atom. The second-order valence-corrected chi connectivity index (χ2v) is 17.5. The Balaban J connectivity index is 0.931. The van der Waals surface area contributed by atoms with Crippen LogP contribution in [0.4, 0.5) is 17.1 Å². The summed E-state index contributed by atoms with van der Waals surface area (Å²) in [5.74, 6) is 2.39. The van der Waals surface area contributed by atoms with Gasteiger partial charge in [0.05, 0.1) is 5.39 Å². The fraction of sp³-hybridized carbons (Fsp3) is 0.0159. The second kappa shape index (κ2) is 14.6. The molecule has 1 aliphatic carbocycles. The Morgan fingerprint density at radius 1 is 0.328 bits per heavy atom. The number of furan rings is 2. The van der Waals surface area contributed by atoms with Crippen LogP contribution in [0.2, 0.25) is 0 Å². The maximum atomic E-state index is 7.28. The molecule has 314 valence electrons. The molecular weight excluding hydrogens is 819 g/mol. The topological polar surface area (TPSA) is 38.8 Å². The van der Waals surface area contributed by atoms with Crippen LogP contribution in [0, 0.1) is 0 Å². The summed E-state index contributed by atoms with van der Waals surface area (Å²) in [7, 11) is 0. The summed E-state index contributed by atoms with van der Waals surface area (Å²) >= 11 is 0. The molecule has 0 radical (unpaired) electrons. The molecule has 4 heteroatoms. The van der Waals surface area contributed by atoms with E-state index in [-0.39, 0.29) is 0 Å². The molecule has 14 rings (SSSR count). The number of hydrogen-bond acceptors (Lipinski definition) is 4. The largest absolute Gasteiger partial charge is 0.455 e. The van der Waals surface area contributed by atoms with Gasteiger partial charge in [0.25, 0.3) is 0 Å². The second-order valence-electron chi connectivity index (χ2n) is 17.5. The highest BCUT2D eigenvalue weighted by Gasteiger charge is 2.54. The zero-order valence-corrected chi connectivity index (χ0v) is 36.2. The molecule has 10 aromatic carbocycles. The number of nitrogens with zero attached hydrogens (tertiary/aromatic N) is 1. The minimum Gasteiger partial charge on any atom is -0.455 e. The van der Waals surface area contributed by atoms with E-state index in [0.717, 1.165) is 95.0 Å². The van der Waals surface area contributed by atoms with Gasteiger partial charge in [0.2, 0.25) is 0 Å². The molecule has 0 atom stereocenters. The van der Waals surface area contributed by atoms with Gasteiger partial charge in [-0.3, -0.25) is 0 Å². The van der Waals surface area contributed by atoms with Crippen molar-refractivity contribution in [1.82, 2.24) is 0 Å². The smallest absolute Gasteiger partial charge is 0.178 e. The van der Waals surface area contributed by atoms with Crippen molar-refractivity contribution in [3.8, 4) is 56.0 Å². The predicted molar refractivity (Wildman–Crippen MR) is 272 cm³/mol. The number of ether oxygens (including phenoxy) is 1. The van der Waals surface area contributed by atoms with Gasteiger partial charge in [0, 0.05) is 45.0 Å². The van der Waals surface area contributed by atoms with E-state index in [1.807, 2.05) is 12.1 Å². The summed E-state index contributed by atoms with van der Waals surface area (Å²) in [5, 5.41) is 3.16. The predicted octanol–water partition coefficient (Wildman–Crippen LogP) is 17.3. The Kier molecular flexibility index (Phi) is 8.16. The van der Waals surface area contributed by atoms with E-state index in [1.165, 1.54) is 33.4 Å². The Morgan fingerprint density at radius 2 is 0.896 bits per heavy atom. The van der Waals surface area contributed by atoms with Crippen molar-refractivity contribution < 1.29 is 13.6 Å². The van der Waals surface area contributed by atoms with Gasteiger partial charge in [0.15, 0.2) is 11.5 Å². The average Bonchev–Trinajstić information content (AvgIpc) is 4.06. The number of fused-ring (bicyclic) bond motifs is 14. The van der Waals surface area contributed by atoms with Crippen molar-refractivity contribution in [3.05, 3.63) is 259 Å². The molecule has 0 amide bonds. The van der Waals surface area contributed by atoms with Crippen molar-refractivity contribution >= 4 is 50.0 Å². The highest BCUT2D eigenvalue weighted by molar-refractivity contribution is 6.09. The van der Waals surface area contributed by atoms with Crippen LogP contribution in [0.5, 0.6) is 11.5 Å². The fourth-order valence-corrected chi connectivity index (χ4v) is 10.9. The molecule has 0 bridgehead atoms. The Labute approximate surface area is 387 Å². The molecule has 2 aromatic heterocycles. The van der Waals surface area contributed by atoms with Gasteiger partial charge >= 0.3 is 0 Å². The number of rotatable bonds is 6. The fourth-order valence-electron chi connectivity index (χ4n) is 10.9. The first-order valence-electron chi connectivity index (χ1n) is 22.8. The lowest BCUT2D eigenvalue weighted by Gasteiger charge is -2.36. The molecule has 0 saturated heterocycles. The zero-order valence-electron chi connectivity index (χ0n) is 36.2. The maximum absolute atomic E-state index is 7.28. The first kappa shape index (κ1) is 37.5. The molecule has 0 N–H and O–H groups in total. The summed E-state index contributed by atoms with van der Waals surface area (Å²) in [5.41, 5.74) is 17.5. The van der Waals surface area contributed by atoms with Crippen LogP contribution in [0.15, 0.2) is 245 Å².